The van der Waals surface area contributed by atoms with E-state index in [0.717, 1.165) is 25.2 Å². The smallest absolute Gasteiger partial charge is 0.188 e. The maximum Gasteiger partial charge on any atom is 0.188 e. The van der Waals surface area contributed by atoms with Gasteiger partial charge in [-0.3, -0.25) is 4.99 Å². The van der Waals surface area contributed by atoms with Crippen LogP contribution in [-0.2, 0) is 6.42 Å². The molecule has 0 atom stereocenters. The van der Waals surface area contributed by atoms with E-state index in [1.54, 1.807) is 0 Å². The molecule has 4 nitrogen and oxygen atoms in total. The van der Waals surface area contributed by atoms with Crippen LogP contribution in [0.15, 0.2) is 29.3 Å². The monoisotopic (exact) mass is 389 g/mol. The number of guanidine groups is 1. The third kappa shape index (κ3) is 6.45. The molecule has 1 aromatic rings. The molecule has 0 saturated heterocycles. The summed E-state index contributed by atoms with van der Waals surface area (Å²) in [4.78, 5) is 4.33. The number of nitrogens with two attached hydrogens (primary N) is 1. The number of nitrogens with one attached hydrogen (secondary N) is 1. The standard InChI is InChI=1S/C15H23N3O.HI/c1-2-10-19-14-5-3-4-12(11-14)8-9-17-15(16)18-13-6-7-13;/h3-5,11,13H,2,6-10H2,1H3,(H3,16,17,18);1H. The summed E-state index contributed by atoms with van der Waals surface area (Å²) in [6.07, 6.45) is 4.34. The van der Waals surface area contributed by atoms with E-state index in [1.165, 1.54) is 18.4 Å². The van der Waals surface area contributed by atoms with E-state index in [0.29, 0.717) is 18.5 Å². The maximum absolute atomic E-state index is 5.79. The van der Waals surface area contributed by atoms with E-state index in [-0.39, 0.29) is 24.0 Å². The van der Waals surface area contributed by atoms with Gasteiger partial charge >= 0.3 is 0 Å². The van der Waals surface area contributed by atoms with Crippen molar-refractivity contribution in [3.63, 3.8) is 0 Å². The molecule has 1 saturated carbocycles. The van der Waals surface area contributed by atoms with Crippen molar-refractivity contribution in [3.8, 4) is 5.75 Å². The Morgan fingerprint density at radius 1 is 1.45 bits per heavy atom. The van der Waals surface area contributed by atoms with Crippen LogP contribution in [0.4, 0.5) is 0 Å². The fourth-order valence-corrected chi connectivity index (χ4v) is 1.80. The van der Waals surface area contributed by atoms with Crippen molar-refractivity contribution in [1.82, 2.24) is 5.32 Å². The molecule has 112 valence electrons. The van der Waals surface area contributed by atoms with Crippen LogP contribution in [0.1, 0.15) is 31.7 Å². The van der Waals surface area contributed by atoms with Crippen molar-refractivity contribution in [2.24, 2.45) is 10.7 Å². The largest absolute Gasteiger partial charge is 0.494 e. The minimum atomic E-state index is 0. The van der Waals surface area contributed by atoms with Crippen LogP contribution in [0, 0.1) is 0 Å². The van der Waals surface area contributed by atoms with E-state index in [2.05, 4.69) is 29.4 Å². The highest BCUT2D eigenvalue weighted by molar-refractivity contribution is 14.0. The van der Waals surface area contributed by atoms with Gasteiger partial charge in [0.05, 0.1) is 6.61 Å². The van der Waals surface area contributed by atoms with Crippen LogP contribution < -0.4 is 15.8 Å². The summed E-state index contributed by atoms with van der Waals surface area (Å²) in [5, 5.41) is 3.18. The second-order valence-electron chi connectivity index (χ2n) is 4.93. The Kier molecular flexibility index (Phi) is 7.72. The van der Waals surface area contributed by atoms with Gasteiger partial charge in [0, 0.05) is 12.6 Å². The first-order valence-electron chi connectivity index (χ1n) is 7.06. The molecule has 0 radical (unpaired) electrons. The Balaban J connectivity index is 0.00000200. The topological polar surface area (TPSA) is 59.6 Å². The minimum Gasteiger partial charge on any atom is -0.494 e. The summed E-state index contributed by atoms with van der Waals surface area (Å²) < 4.78 is 5.61. The highest BCUT2D eigenvalue weighted by Crippen LogP contribution is 2.18. The predicted octanol–water partition coefficient (Wildman–Crippen LogP) is 2.70. The number of hydrogen-bond donors (Lipinski definition) is 2. The Hall–Kier alpha value is -0.980. The van der Waals surface area contributed by atoms with Gasteiger partial charge in [-0.05, 0) is 43.4 Å². The van der Waals surface area contributed by atoms with Gasteiger partial charge in [0.15, 0.2) is 5.96 Å². The van der Waals surface area contributed by atoms with Crippen molar-refractivity contribution in [1.29, 1.82) is 0 Å². The molecule has 0 amide bonds. The Labute approximate surface area is 138 Å². The SMILES string of the molecule is CCCOc1cccc(CCN=C(N)NC2CC2)c1.I. The molecule has 0 aromatic heterocycles. The van der Waals surface area contributed by atoms with Crippen molar-refractivity contribution >= 4 is 29.9 Å². The second kappa shape index (κ2) is 9.05. The normalized spacial score (nSPS) is 14.6. The van der Waals surface area contributed by atoms with Crippen molar-refractivity contribution < 1.29 is 4.74 Å². The van der Waals surface area contributed by atoms with Crippen molar-refractivity contribution in [3.05, 3.63) is 29.8 Å². The molecular formula is C15H24IN3O. The lowest BCUT2D eigenvalue weighted by Gasteiger charge is -2.06. The van der Waals surface area contributed by atoms with Gasteiger partial charge in [-0.2, -0.15) is 0 Å². The molecule has 0 aliphatic heterocycles. The molecule has 1 aliphatic rings. The Bertz CT molecular complexity index is 433. The summed E-state index contributed by atoms with van der Waals surface area (Å²) >= 11 is 0. The fourth-order valence-electron chi connectivity index (χ4n) is 1.80. The van der Waals surface area contributed by atoms with Gasteiger partial charge in [0.1, 0.15) is 5.75 Å². The predicted molar refractivity (Wildman–Crippen MR) is 94.0 cm³/mol. The van der Waals surface area contributed by atoms with E-state index in [1.807, 2.05) is 12.1 Å². The molecule has 20 heavy (non-hydrogen) atoms. The molecular weight excluding hydrogens is 365 g/mol. The average Bonchev–Trinajstić information content (AvgIpc) is 3.21. The Morgan fingerprint density at radius 2 is 2.25 bits per heavy atom. The van der Waals surface area contributed by atoms with Crippen LogP contribution in [0.2, 0.25) is 0 Å². The van der Waals surface area contributed by atoms with E-state index in [4.69, 9.17) is 10.5 Å². The Morgan fingerprint density at radius 3 is 2.95 bits per heavy atom. The van der Waals surface area contributed by atoms with Gasteiger partial charge in [0.25, 0.3) is 0 Å². The number of benzene rings is 1. The first-order chi connectivity index (χ1) is 9.28. The minimum absolute atomic E-state index is 0. The summed E-state index contributed by atoms with van der Waals surface area (Å²) in [7, 11) is 0. The molecule has 0 spiro atoms. The van der Waals surface area contributed by atoms with Gasteiger partial charge in [-0.15, -0.1) is 24.0 Å². The molecule has 1 aliphatic carbocycles. The average molecular weight is 389 g/mol. The van der Waals surface area contributed by atoms with Gasteiger partial charge < -0.3 is 15.8 Å². The highest BCUT2D eigenvalue weighted by Gasteiger charge is 2.21. The molecule has 1 aromatic carbocycles. The zero-order valence-electron chi connectivity index (χ0n) is 12.0. The number of halogens is 1. The number of ether oxygens (including phenoxy) is 1. The first kappa shape index (κ1) is 17.1. The van der Waals surface area contributed by atoms with Crippen LogP contribution in [-0.4, -0.2) is 25.2 Å². The van der Waals surface area contributed by atoms with Gasteiger partial charge in [0.2, 0.25) is 0 Å². The van der Waals surface area contributed by atoms with E-state index < -0.39 is 0 Å². The maximum atomic E-state index is 5.79. The number of rotatable bonds is 7. The van der Waals surface area contributed by atoms with Crippen LogP contribution >= 0.6 is 24.0 Å². The molecule has 5 heteroatoms. The lowest BCUT2D eigenvalue weighted by Crippen LogP contribution is -2.33. The summed E-state index contributed by atoms with van der Waals surface area (Å²) in [5.41, 5.74) is 7.02. The number of aliphatic imine (C=N–C) groups is 1. The van der Waals surface area contributed by atoms with Crippen LogP contribution in [0.3, 0.4) is 0 Å². The summed E-state index contributed by atoms with van der Waals surface area (Å²) in [5.74, 6) is 1.51. The second-order valence-corrected chi connectivity index (χ2v) is 4.93. The number of nitrogens with zero attached hydrogens (tertiary/aromatic N) is 1. The lowest BCUT2D eigenvalue weighted by molar-refractivity contribution is 0.317. The van der Waals surface area contributed by atoms with Crippen molar-refractivity contribution in [2.45, 2.75) is 38.6 Å². The molecule has 0 unspecified atom stereocenters. The van der Waals surface area contributed by atoms with Gasteiger partial charge in [-0.25, -0.2) is 0 Å². The number of hydrogen-bond acceptors (Lipinski definition) is 2. The first-order valence-corrected chi connectivity index (χ1v) is 7.06. The molecule has 1 fully saturated rings. The van der Waals surface area contributed by atoms with Gasteiger partial charge in [-0.1, -0.05) is 19.1 Å². The zero-order valence-corrected chi connectivity index (χ0v) is 14.3. The molecule has 0 heterocycles. The summed E-state index contributed by atoms with van der Waals surface area (Å²) in [6.45, 7) is 3.58. The molecule has 0 bridgehead atoms. The molecule has 3 N–H and O–H groups in total. The molecule has 2 rings (SSSR count). The van der Waals surface area contributed by atoms with E-state index >= 15 is 0 Å². The third-order valence-corrected chi connectivity index (χ3v) is 2.98. The van der Waals surface area contributed by atoms with Crippen molar-refractivity contribution in [2.75, 3.05) is 13.2 Å². The van der Waals surface area contributed by atoms with E-state index in [9.17, 15) is 0 Å². The quantitative estimate of drug-likeness (QED) is 0.428. The van der Waals surface area contributed by atoms with Crippen LogP contribution in [0.25, 0.3) is 0 Å². The highest BCUT2D eigenvalue weighted by atomic mass is 127. The van der Waals surface area contributed by atoms with Crippen LogP contribution in [0.5, 0.6) is 5.75 Å². The fraction of sp³-hybridized carbons (Fsp3) is 0.533. The lowest BCUT2D eigenvalue weighted by atomic mass is 10.1. The summed E-state index contributed by atoms with van der Waals surface area (Å²) in [6, 6.07) is 8.75. The zero-order chi connectivity index (χ0) is 13.5. The third-order valence-electron chi connectivity index (χ3n) is 2.98.